The number of carbonyl (C=O) groups is 1. The Morgan fingerprint density at radius 2 is 2.32 bits per heavy atom. The van der Waals surface area contributed by atoms with Crippen molar-refractivity contribution in [2.45, 2.75) is 25.9 Å². The third-order valence-corrected chi connectivity index (χ3v) is 3.14. The topological polar surface area (TPSA) is 72.8 Å². The maximum absolute atomic E-state index is 10.6. The lowest BCUT2D eigenvalue weighted by Gasteiger charge is -2.14. The Morgan fingerprint density at radius 1 is 1.53 bits per heavy atom. The van der Waals surface area contributed by atoms with Crippen LogP contribution in [0, 0.1) is 6.92 Å². The third kappa shape index (κ3) is 2.95. The zero-order valence-corrected chi connectivity index (χ0v) is 10.5. The molecule has 0 saturated carbocycles. The van der Waals surface area contributed by atoms with Crippen LogP contribution in [0.15, 0.2) is 24.1 Å². The van der Waals surface area contributed by atoms with Crippen molar-refractivity contribution in [2.75, 3.05) is 6.61 Å². The van der Waals surface area contributed by atoms with E-state index in [1.54, 1.807) is 5.94 Å². The highest BCUT2D eigenvalue weighted by Crippen LogP contribution is 2.30. The monoisotopic (exact) mass is 262 g/mol. The average Bonchev–Trinajstić information content (AvgIpc) is 2.86. The standard InChI is InChI=1S/C14H14O5/c1-9-10(5-6-13(16)17)3-2-4-11(9)12-8-18-14(7-15)19-12/h2-4,12H,5-6,8H2,1H3,(H,16,17). The van der Waals surface area contributed by atoms with Crippen LogP contribution in [0.3, 0.4) is 0 Å². The summed E-state index contributed by atoms with van der Waals surface area (Å²) in [5.74, 6) is 0.635. The molecule has 1 saturated heterocycles. The van der Waals surface area contributed by atoms with E-state index in [-0.39, 0.29) is 25.1 Å². The van der Waals surface area contributed by atoms with E-state index in [0.717, 1.165) is 16.7 Å². The van der Waals surface area contributed by atoms with E-state index in [0.29, 0.717) is 6.42 Å². The number of ether oxygens (including phenoxy) is 2. The second-order valence-corrected chi connectivity index (χ2v) is 4.33. The Morgan fingerprint density at radius 3 is 2.95 bits per heavy atom. The first-order chi connectivity index (χ1) is 9.11. The van der Waals surface area contributed by atoms with Gasteiger partial charge >= 0.3 is 11.9 Å². The summed E-state index contributed by atoms with van der Waals surface area (Å²) < 4.78 is 10.4. The molecule has 100 valence electrons. The Labute approximate surface area is 110 Å². The second-order valence-electron chi connectivity index (χ2n) is 4.33. The number of carboxylic acid groups (broad SMARTS) is 1. The zero-order chi connectivity index (χ0) is 13.8. The maximum Gasteiger partial charge on any atom is 0.370 e. The molecule has 1 unspecified atom stereocenters. The van der Waals surface area contributed by atoms with Gasteiger partial charge in [0.1, 0.15) is 6.61 Å². The lowest BCUT2D eigenvalue weighted by molar-refractivity contribution is -0.136. The summed E-state index contributed by atoms with van der Waals surface area (Å²) >= 11 is 0. The summed E-state index contributed by atoms with van der Waals surface area (Å²) in [7, 11) is 0. The molecule has 0 bridgehead atoms. The number of benzene rings is 1. The molecule has 1 aliphatic rings. The lowest BCUT2D eigenvalue weighted by Crippen LogP contribution is -2.06. The Kier molecular flexibility index (Phi) is 3.88. The number of aliphatic carboxylic acids is 1. The summed E-state index contributed by atoms with van der Waals surface area (Å²) in [5, 5.41) is 8.72. The smallest absolute Gasteiger partial charge is 0.370 e. The number of carbonyl (C=O) groups excluding carboxylic acids is 1. The van der Waals surface area contributed by atoms with Gasteiger partial charge in [-0.3, -0.25) is 4.79 Å². The first kappa shape index (κ1) is 13.2. The predicted octanol–water partition coefficient (Wildman–Crippen LogP) is 1.77. The number of carboxylic acids is 1. The van der Waals surface area contributed by atoms with Crippen molar-refractivity contribution in [2.24, 2.45) is 0 Å². The number of aryl methyl sites for hydroxylation is 1. The maximum atomic E-state index is 10.6. The van der Waals surface area contributed by atoms with E-state index in [4.69, 9.17) is 14.6 Å². The van der Waals surface area contributed by atoms with Gasteiger partial charge in [-0.25, -0.2) is 4.79 Å². The molecule has 1 aromatic rings. The van der Waals surface area contributed by atoms with E-state index in [9.17, 15) is 9.59 Å². The second kappa shape index (κ2) is 5.59. The number of hydrogen-bond acceptors (Lipinski definition) is 4. The summed E-state index contributed by atoms with van der Waals surface area (Å²) in [5.41, 5.74) is 2.85. The van der Waals surface area contributed by atoms with Gasteiger partial charge in [-0.15, -0.1) is 0 Å². The van der Waals surface area contributed by atoms with Gasteiger partial charge in [-0.05, 0) is 30.0 Å². The molecule has 0 radical (unpaired) electrons. The molecule has 1 N–H and O–H groups in total. The normalized spacial score (nSPS) is 17.5. The molecule has 2 rings (SSSR count). The van der Waals surface area contributed by atoms with Gasteiger partial charge in [0.15, 0.2) is 6.10 Å². The van der Waals surface area contributed by atoms with Crippen molar-refractivity contribution in [1.82, 2.24) is 0 Å². The van der Waals surface area contributed by atoms with Crippen LogP contribution in [0.2, 0.25) is 0 Å². The molecule has 0 amide bonds. The first-order valence-corrected chi connectivity index (χ1v) is 5.96. The zero-order valence-electron chi connectivity index (χ0n) is 10.5. The van der Waals surface area contributed by atoms with Crippen LogP contribution >= 0.6 is 0 Å². The summed E-state index contributed by atoms with van der Waals surface area (Å²) in [6.07, 6.45) is 0.228. The van der Waals surface area contributed by atoms with Crippen LogP contribution in [0.5, 0.6) is 0 Å². The molecular weight excluding hydrogens is 248 g/mol. The molecule has 1 fully saturated rings. The molecule has 19 heavy (non-hydrogen) atoms. The van der Waals surface area contributed by atoms with Crippen LogP contribution in [0.25, 0.3) is 0 Å². The first-order valence-electron chi connectivity index (χ1n) is 5.96. The van der Waals surface area contributed by atoms with Gasteiger partial charge in [0, 0.05) is 6.42 Å². The number of rotatable bonds is 4. The minimum atomic E-state index is -0.823. The van der Waals surface area contributed by atoms with Crippen molar-refractivity contribution in [3.05, 3.63) is 40.8 Å². The van der Waals surface area contributed by atoms with Crippen molar-refractivity contribution in [3.8, 4) is 0 Å². The van der Waals surface area contributed by atoms with Crippen molar-refractivity contribution < 1.29 is 24.2 Å². The van der Waals surface area contributed by atoms with Gasteiger partial charge in [0.2, 0.25) is 5.94 Å². The highest BCUT2D eigenvalue weighted by molar-refractivity contribution is 5.67. The number of hydrogen-bond donors (Lipinski definition) is 1. The summed E-state index contributed by atoms with van der Waals surface area (Å²) in [6.45, 7) is 2.19. The van der Waals surface area contributed by atoms with Gasteiger partial charge in [-0.2, -0.15) is 0 Å². The fourth-order valence-electron chi connectivity index (χ4n) is 2.12. The molecular formula is C14H14O5. The van der Waals surface area contributed by atoms with E-state index >= 15 is 0 Å². The molecule has 5 nitrogen and oxygen atoms in total. The highest BCUT2D eigenvalue weighted by Gasteiger charge is 2.26. The van der Waals surface area contributed by atoms with Gasteiger partial charge < -0.3 is 14.6 Å². The molecule has 0 aromatic heterocycles. The molecule has 1 aromatic carbocycles. The molecule has 1 atom stereocenters. The van der Waals surface area contributed by atoms with Crippen molar-refractivity contribution in [1.29, 1.82) is 0 Å². The van der Waals surface area contributed by atoms with Crippen LogP contribution in [0.1, 0.15) is 29.2 Å². The van der Waals surface area contributed by atoms with E-state index in [1.807, 2.05) is 25.1 Å². The third-order valence-electron chi connectivity index (χ3n) is 3.14. The quantitative estimate of drug-likeness (QED) is 0.837. The van der Waals surface area contributed by atoms with E-state index < -0.39 is 5.97 Å². The lowest BCUT2D eigenvalue weighted by atomic mass is 9.96. The van der Waals surface area contributed by atoms with Gasteiger partial charge in [0.25, 0.3) is 0 Å². The molecule has 1 heterocycles. The van der Waals surface area contributed by atoms with Crippen molar-refractivity contribution in [3.63, 3.8) is 0 Å². The molecule has 1 aliphatic heterocycles. The fourth-order valence-corrected chi connectivity index (χ4v) is 2.12. The average molecular weight is 262 g/mol. The van der Waals surface area contributed by atoms with Crippen LogP contribution in [0.4, 0.5) is 0 Å². The Balaban J connectivity index is 2.20. The van der Waals surface area contributed by atoms with Gasteiger partial charge in [-0.1, -0.05) is 18.2 Å². The molecule has 5 heteroatoms. The van der Waals surface area contributed by atoms with Crippen LogP contribution in [-0.4, -0.2) is 23.6 Å². The van der Waals surface area contributed by atoms with Gasteiger partial charge in [0.05, 0.1) is 0 Å². The Hall–Kier alpha value is -2.26. The fraction of sp³-hybridized carbons (Fsp3) is 0.357. The highest BCUT2D eigenvalue weighted by atomic mass is 16.7. The van der Waals surface area contributed by atoms with E-state index in [1.165, 1.54) is 0 Å². The van der Waals surface area contributed by atoms with E-state index in [2.05, 4.69) is 0 Å². The summed E-state index contributed by atoms with van der Waals surface area (Å²) in [4.78, 5) is 21.1. The Bertz CT molecular complexity index is 543. The molecule has 0 spiro atoms. The minimum Gasteiger partial charge on any atom is -0.481 e. The SMILES string of the molecule is Cc1c(CCC(=O)O)cccc1C1COC(=C=O)O1. The van der Waals surface area contributed by atoms with Crippen LogP contribution in [-0.2, 0) is 25.5 Å². The van der Waals surface area contributed by atoms with Crippen molar-refractivity contribution >= 4 is 11.9 Å². The molecule has 0 aliphatic carbocycles. The minimum absolute atomic E-state index is 0.0891. The van der Waals surface area contributed by atoms with Crippen LogP contribution < -0.4 is 0 Å². The summed E-state index contributed by atoms with van der Waals surface area (Å²) in [6, 6.07) is 5.64. The predicted molar refractivity (Wildman–Crippen MR) is 66.1 cm³/mol. The largest absolute Gasteiger partial charge is 0.481 e.